The first-order chi connectivity index (χ1) is 11.8. The molecule has 1 aromatic carbocycles. The Morgan fingerprint density at radius 2 is 1.84 bits per heavy atom. The summed E-state index contributed by atoms with van der Waals surface area (Å²) in [5.74, 6) is -1.69. The smallest absolute Gasteiger partial charge is 0.325 e. The highest BCUT2D eigenvalue weighted by atomic mass is 35.5. The van der Waals surface area contributed by atoms with E-state index in [-0.39, 0.29) is 5.82 Å². The topological polar surface area (TPSA) is 63.9 Å². The van der Waals surface area contributed by atoms with Gasteiger partial charge in [0.15, 0.2) is 5.82 Å². The highest BCUT2D eigenvalue weighted by molar-refractivity contribution is 6.30. The van der Waals surface area contributed by atoms with Gasteiger partial charge in [-0.25, -0.2) is 0 Å². The van der Waals surface area contributed by atoms with Crippen molar-refractivity contribution in [3.05, 3.63) is 35.1 Å². The highest BCUT2D eigenvalue weighted by Crippen LogP contribution is 2.44. The standard InChI is InChI=1S/C15H15ClF3N5O/c1-23(13(25)15(17,18)19)14(8-2-3-9-14)12-20-21-22-24(12)11-6-4-10(16)5-7-11/h4-7H,2-3,8-9H2,1H3. The Morgan fingerprint density at radius 3 is 2.40 bits per heavy atom. The second kappa shape index (κ2) is 6.29. The van der Waals surface area contributed by atoms with Gasteiger partial charge < -0.3 is 4.90 Å². The zero-order valence-electron chi connectivity index (χ0n) is 13.3. The molecule has 6 nitrogen and oxygen atoms in total. The number of alkyl halides is 3. The third-order valence-electron chi connectivity index (χ3n) is 4.58. The zero-order valence-corrected chi connectivity index (χ0v) is 14.0. The highest BCUT2D eigenvalue weighted by Gasteiger charge is 2.52. The molecule has 25 heavy (non-hydrogen) atoms. The molecular weight excluding hydrogens is 359 g/mol. The molecule has 0 atom stereocenters. The van der Waals surface area contributed by atoms with Crippen LogP contribution in [0.3, 0.4) is 0 Å². The number of aromatic nitrogens is 4. The molecular formula is C15H15ClF3N5O. The molecule has 10 heteroatoms. The van der Waals surface area contributed by atoms with E-state index in [1.807, 2.05) is 0 Å². The van der Waals surface area contributed by atoms with Gasteiger partial charge in [-0.2, -0.15) is 17.9 Å². The molecule has 1 aromatic heterocycles. The molecule has 3 rings (SSSR count). The molecule has 2 aromatic rings. The maximum Gasteiger partial charge on any atom is 0.471 e. The molecule has 1 saturated carbocycles. The number of amides is 1. The fourth-order valence-corrected chi connectivity index (χ4v) is 3.41. The predicted molar refractivity (Wildman–Crippen MR) is 83.1 cm³/mol. The molecule has 0 N–H and O–H groups in total. The maximum absolute atomic E-state index is 13.0. The van der Waals surface area contributed by atoms with Gasteiger partial charge in [0.25, 0.3) is 0 Å². The molecule has 1 fully saturated rings. The van der Waals surface area contributed by atoms with Gasteiger partial charge in [-0.05, 0) is 47.5 Å². The molecule has 0 aliphatic heterocycles. The van der Waals surface area contributed by atoms with Crippen molar-refractivity contribution in [1.82, 2.24) is 25.1 Å². The molecule has 1 heterocycles. The van der Waals surface area contributed by atoms with Gasteiger partial charge >= 0.3 is 12.1 Å². The molecule has 0 spiro atoms. The summed E-state index contributed by atoms with van der Waals surface area (Å²) in [5.41, 5.74) is -0.640. The van der Waals surface area contributed by atoms with Crippen molar-refractivity contribution in [2.45, 2.75) is 37.4 Å². The van der Waals surface area contributed by atoms with Crippen LogP contribution in [0, 0.1) is 0 Å². The summed E-state index contributed by atoms with van der Waals surface area (Å²) < 4.78 is 40.3. The SMILES string of the molecule is CN(C(=O)C(F)(F)F)C1(c2nnnn2-c2ccc(Cl)cc2)CCCC1. The third-order valence-corrected chi connectivity index (χ3v) is 4.83. The van der Waals surface area contributed by atoms with Crippen LogP contribution in [0.15, 0.2) is 24.3 Å². The zero-order chi connectivity index (χ0) is 18.2. The van der Waals surface area contributed by atoms with Crippen molar-refractivity contribution in [2.24, 2.45) is 0 Å². The van der Waals surface area contributed by atoms with E-state index in [4.69, 9.17) is 11.6 Å². The molecule has 0 unspecified atom stereocenters. The van der Waals surface area contributed by atoms with Gasteiger partial charge in [0.05, 0.1) is 5.69 Å². The lowest BCUT2D eigenvalue weighted by Crippen LogP contribution is -2.51. The molecule has 1 aliphatic rings. The number of hydrogen-bond acceptors (Lipinski definition) is 4. The van der Waals surface area contributed by atoms with E-state index in [0.717, 1.165) is 11.9 Å². The molecule has 0 bridgehead atoms. The van der Waals surface area contributed by atoms with E-state index in [1.165, 1.54) is 4.68 Å². The van der Waals surface area contributed by atoms with Crippen LogP contribution in [0.5, 0.6) is 0 Å². The van der Waals surface area contributed by atoms with E-state index >= 15 is 0 Å². The third kappa shape index (κ3) is 3.08. The van der Waals surface area contributed by atoms with Crippen LogP contribution in [-0.4, -0.2) is 44.2 Å². The predicted octanol–water partition coefficient (Wildman–Crippen LogP) is 3.11. The van der Waals surface area contributed by atoms with Crippen LogP contribution >= 0.6 is 11.6 Å². The van der Waals surface area contributed by atoms with Crippen molar-refractivity contribution in [2.75, 3.05) is 7.05 Å². The van der Waals surface area contributed by atoms with Crippen LogP contribution in [0.4, 0.5) is 13.2 Å². The Balaban J connectivity index is 2.07. The largest absolute Gasteiger partial charge is 0.471 e. The van der Waals surface area contributed by atoms with Gasteiger partial charge in [-0.15, -0.1) is 5.10 Å². The van der Waals surface area contributed by atoms with E-state index in [1.54, 1.807) is 24.3 Å². The Morgan fingerprint density at radius 1 is 1.24 bits per heavy atom. The van der Waals surface area contributed by atoms with E-state index in [0.29, 0.717) is 36.4 Å². The average molecular weight is 374 g/mol. The van der Waals surface area contributed by atoms with Crippen molar-refractivity contribution < 1.29 is 18.0 Å². The van der Waals surface area contributed by atoms with E-state index in [9.17, 15) is 18.0 Å². The molecule has 0 radical (unpaired) electrons. The summed E-state index contributed by atoms with van der Waals surface area (Å²) in [4.78, 5) is 12.6. The van der Waals surface area contributed by atoms with Crippen LogP contribution in [0.1, 0.15) is 31.5 Å². The lowest BCUT2D eigenvalue weighted by Gasteiger charge is -2.37. The summed E-state index contributed by atoms with van der Waals surface area (Å²) in [7, 11) is 1.15. The Kier molecular flexibility index (Phi) is 4.44. The fraction of sp³-hybridized carbons (Fsp3) is 0.467. The van der Waals surface area contributed by atoms with Crippen LogP contribution in [-0.2, 0) is 10.3 Å². The van der Waals surface area contributed by atoms with Gasteiger partial charge in [0, 0.05) is 12.1 Å². The Labute approximate surface area is 146 Å². The lowest BCUT2D eigenvalue weighted by atomic mass is 9.93. The van der Waals surface area contributed by atoms with Gasteiger partial charge in [-0.3, -0.25) is 4.79 Å². The number of hydrogen-bond donors (Lipinski definition) is 0. The first-order valence-electron chi connectivity index (χ1n) is 7.65. The number of rotatable bonds is 3. The normalized spacial score (nSPS) is 16.8. The minimum atomic E-state index is -4.96. The number of tetrazole rings is 1. The van der Waals surface area contributed by atoms with Crippen molar-refractivity contribution in [1.29, 1.82) is 0 Å². The van der Waals surface area contributed by atoms with Gasteiger partial charge in [0.1, 0.15) is 5.54 Å². The number of benzene rings is 1. The van der Waals surface area contributed by atoms with Crippen LogP contribution in [0.2, 0.25) is 5.02 Å². The van der Waals surface area contributed by atoms with Gasteiger partial charge in [0.2, 0.25) is 0 Å². The number of nitrogens with zero attached hydrogens (tertiary/aromatic N) is 5. The molecule has 1 aliphatic carbocycles. The molecule has 134 valence electrons. The summed E-state index contributed by atoms with van der Waals surface area (Å²) >= 11 is 5.87. The van der Waals surface area contributed by atoms with Crippen LogP contribution in [0.25, 0.3) is 5.69 Å². The molecule has 1 amide bonds. The maximum atomic E-state index is 13.0. The summed E-state index contributed by atoms with van der Waals surface area (Å²) in [5, 5.41) is 12.0. The number of halogens is 4. The molecule has 0 saturated heterocycles. The van der Waals surface area contributed by atoms with E-state index in [2.05, 4.69) is 15.5 Å². The number of carbonyl (C=O) groups is 1. The van der Waals surface area contributed by atoms with E-state index < -0.39 is 17.6 Å². The minimum absolute atomic E-state index is 0.215. The summed E-state index contributed by atoms with van der Waals surface area (Å²) in [6.07, 6.45) is -2.87. The van der Waals surface area contributed by atoms with Crippen molar-refractivity contribution >= 4 is 17.5 Å². The Hall–Kier alpha value is -2.16. The summed E-state index contributed by atoms with van der Waals surface area (Å²) in [6, 6.07) is 6.59. The minimum Gasteiger partial charge on any atom is -0.325 e. The second-order valence-corrected chi connectivity index (χ2v) is 6.43. The average Bonchev–Trinajstić information content (AvgIpc) is 3.23. The van der Waals surface area contributed by atoms with Gasteiger partial charge in [-0.1, -0.05) is 24.4 Å². The quantitative estimate of drug-likeness (QED) is 0.829. The van der Waals surface area contributed by atoms with Crippen LogP contribution < -0.4 is 0 Å². The second-order valence-electron chi connectivity index (χ2n) is 5.99. The number of carbonyl (C=O) groups excluding carboxylic acids is 1. The summed E-state index contributed by atoms with van der Waals surface area (Å²) in [6.45, 7) is 0. The van der Waals surface area contributed by atoms with Crippen molar-refractivity contribution in [3.63, 3.8) is 0 Å². The monoisotopic (exact) mass is 373 g/mol. The van der Waals surface area contributed by atoms with Crippen molar-refractivity contribution in [3.8, 4) is 5.69 Å². The lowest BCUT2D eigenvalue weighted by molar-refractivity contribution is -0.190. The first-order valence-corrected chi connectivity index (χ1v) is 8.03. The fourth-order valence-electron chi connectivity index (χ4n) is 3.29. The first kappa shape index (κ1) is 17.7. The Bertz CT molecular complexity index is 768.